The van der Waals surface area contributed by atoms with E-state index < -0.39 is 5.54 Å². The number of aromatic nitrogens is 2. The molecule has 20 heavy (non-hydrogen) atoms. The number of hydrogen-bond donors (Lipinski definition) is 1. The van der Waals surface area contributed by atoms with Crippen molar-refractivity contribution in [1.82, 2.24) is 9.78 Å². The summed E-state index contributed by atoms with van der Waals surface area (Å²) in [6.07, 6.45) is 3.26. The van der Waals surface area contributed by atoms with Gasteiger partial charge in [0, 0.05) is 24.2 Å². The molecule has 0 fully saturated rings. The normalized spacial score (nSPS) is 14.5. The quantitative estimate of drug-likeness (QED) is 0.911. The van der Waals surface area contributed by atoms with E-state index in [0.717, 1.165) is 11.3 Å². The van der Waals surface area contributed by atoms with E-state index in [4.69, 9.17) is 5.73 Å². The van der Waals surface area contributed by atoms with Gasteiger partial charge in [0.2, 0.25) is 0 Å². The summed E-state index contributed by atoms with van der Waals surface area (Å²) < 4.78 is 15.1. The average molecular weight is 275 g/mol. The number of benzene rings is 1. The Balaban J connectivity index is 2.06. The predicted molar refractivity (Wildman–Crippen MR) is 79.0 cm³/mol. The van der Waals surface area contributed by atoms with Crippen LogP contribution in [0.1, 0.15) is 38.1 Å². The van der Waals surface area contributed by atoms with Crippen molar-refractivity contribution in [3.63, 3.8) is 0 Å². The van der Waals surface area contributed by atoms with Crippen LogP contribution in [-0.4, -0.2) is 15.3 Å². The van der Waals surface area contributed by atoms with Crippen molar-refractivity contribution in [1.29, 1.82) is 0 Å². The summed E-state index contributed by atoms with van der Waals surface area (Å²) in [5, 5.41) is 4.52. The molecule has 3 nitrogen and oxygen atoms in total. The monoisotopic (exact) mass is 275 g/mol. The molecule has 1 aromatic heterocycles. The molecule has 0 aliphatic rings. The summed E-state index contributed by atoms with van der Waals surface area (Å²) in [5.74, 6) is -0.220. The van der Waals surface area contributed by atoms with Crippen molar-refractivity contribution in [2.24, 2.45) is 5.73 Å². The van der Waals surface area contributed by atoms with Crippen LogP contribution >= 0.6 is 0 Å². The molecule has 0 saturated carbocycles. The van der Waals surface area contributed by atoms with E-state index in [9.17, 15) is 4.39 Å². The van der Waals surface area contributed by atoms with Gasteiger partial charge in [-0.25, -0.2) is 4.39 Å². The predicted octanol–water partition coefficient (Wildman–Crippen LogP) is 3.11. The molecule has 4 heteroatoms. The second-order valence-corrected chi connectivity index (χ2v) is 6.02. The van der Waals surface area contributed by atoms with Crippen LogP contribution in [0.3, 0.4) is 0 Å². The topological polar surface area (TPSA) is 43.8 Å². The Hall–Kier alpha value is -1.68. The third-order valence-corrected chi connectivity index (χ3v) is 3.27. The maximum Gasteiger partial charge on any atom is 0.123 e. The van der Waals surface area contributed by atoms with Crippen LogP contribution in [0.2, 0.25) is 0 Å². The molecule has 0 spiro atoms. The molecule has 0 radical (unpaired) electrons. The van der Waals surface area contributed by atoms with Gasteiger partial charge < -0.3 is 5.73 Å². The number of nitrogens with zero attached hydrogens (tertiary/aromatic N) is 2. The lowest BCUT2D eigenvalue weighted by atomic mass is 9.89. The van der Waals surface area contributed by atoms with Crippen LogP contribution in [0.15, 0.2) is 36.5 Å². The maximum absolute atomic E-state index is 13.2. The van der Waals surface area contributed by atoms with Gasteiger partial charge in [0.25, 0.3) is 0 Å². The first kappa shape index (κ1) is 14.7. The lowest BCUT2D eigenvalue weighted by molar-refractivity contribution is 0.447. The van der Waals surface area contributed by atoms with Gasteiger partial charge in [-0.15, -0.1) is 0 Å². The second kappa shape index (κ2) is 5.75. The Morgan fingerprint density at radius 2 is 2.05 bits per heavy atom. The molecular weight excluding hydrogens is 253 g/mol. The van der Waals surface area contributed by atoms with Crippen molar-refractivity contribution in [2.45, 2.75) is 45.2 Å². The van der Waals surface area contributed by atoms with E-state index in [-0.39, 0.29) is 5.82 Å². The van der Waals surface area contributed by atoms with Crippen molar-refractivity contribution >= 4 is 0 Å². The van der Waals surface area contributed by atoms with Gasteiger partial charge in [-0.1, -0.05) is 12.1 Å². The Kier molecular flexibility index (Phi) is 4.23. The molecule has 1 aromatic carbocycles. The third-order valence-electron chi connectivity index (χ3n) is 3.27. The molecule has 1 unspecified atom stereocenters. The molecule has 2 aromatic rings. The van der Waals surface area contributed by atoms with Gasteiger partial charge in [-0.05, 0) is 51.0 Å². The standard InChI is InChI=1S/C16H22FN3/c1-12(2)20-8-7-15(19-20)11-16(3,18)10-13-5-4-6-14(17)9-13/h4-9,12H,10-11,18H2,1-3H3. The fourth-order valence-electron chi connectivity index (χ4n) is 2.35. The van der Waals surface area contributed by atoms with E-state index >= 15 is 0 Å². The van der Waals surface area contributed by atoms with E-state index in [1.54, 1.807) is 6.07 Å². The minimum atomic E-state index is -0.441. The highest BCUT2D eigenvalue weighted by Gasteiger charge is 2.21. The van der Waals surface area contributed by atoms with Crippen LogP contribution < -0.4 is 5.73 Å². The fourth-order valence-corrected chi connectivity index (χ4v) is 2.35. The van der Waals surface area contributed by atoms with Crippen LogP contribution in [0.5, 0.6) is 0 Å². The lowest BCUT2D eigenvalue weighted by Gasteiger charge is -2.24. The highest BCUT2D eigenvalue weighted by atomic mass is 19.1. The van der Waals surface area contributed by atoms with Gasteiger partial charge in [-0.2, -0.15) is 5.10 Å². The lowest BCUT2D eigenvalue weighted by Crippen LogP contribution is -2.41. The van der Waals surface area contributed by atoms with Gasteiger partial charge in [0.15, 0.2) is 0 Å². The largest absolute Gasteiger partial charge is 0.325 e. The molecule has 2 N–H and O–H groups in total. The second-order valence-electron chi connectivity index (χ2n) is 6.02. The average Bonchev–Trinajstić information content (AvgIpc) is 2.75. The van der Waals surface area contributed by atoms with Gasteiger partial charge in [-0.3, -0.25) is 4.68 Å². The molecule has 1 heterocycles. The number of hydrogen-bond acceptors (Lipinski definition) is 2. The zero-order valence-electron chi connectivity index (χ0n) is 12.3. The first-order valence-corrected chi connectivity index (χ1v) is 6.93. The van der Waals surface area contributed by atoms with Crippen molar-refractivity contribution < 1.29 is 4.39 Å². The summed E-state index contributed by atoms with van der Waals surface area (Å²) in [4.78, 5) is 0. The Morgan fingerprint density at radius 3 is 2.65 bits per heavy atom. The van der Waals surface area contributed by atoms with E-state index in [0.29, 0.717) is 18.9 Å². The van der Waals surface area contributed by atoms with Crippen LogP contribution in [0.25, 0.3) is 0 Å². The molecule has 2 rings (SSSR count). The van der Waals surface area contributed by atoms with E-state index in [2.05, 4.69) is 18.9 Å². The van der Waals surface area contributed by atoms with Crippen LogP contribution in [0, 0.1) is 5.82 Å². The number of rotatable bonds is 5. The SMILES string of the molecule is CC(C)n1ccc(CC(C)(N)Cc2cccc(F)c2)n1. The summed E-state index contributed by atoms with van der Waals surface area (Å²) in [5.41, 5.74) is 7.79. The maximum atomic E-state index is 13.2. The highest BCUT2D eigenvalue weighted by Crippen LogP contribution is 2.17. The minimum Gasteiger partial charge on any atom is -0.325 e. The molecule has 0 saturated heterocycles. The minimum absolute atomic E-state index is 0.220. The Bertz CT molecular complexity index is 573. The zero-order chi connectivity index (χ0) is 14.8. The van der Waals surface area contributed by atoms with Crippen molar-refractivity contribution in [2.75, 3.05) is 0 Å². The summed E-state index contributed by atoms with van der Waals surface area (Å²) in [6, 6.07) is 8.95. The van der Waals surface area contributed by atoms with Crippen molar-refractivity contribution in [3.8, 4) is 0 Å². The molecule has 0 bridgehead atoms. The van der Waals surface area contributed by atoms with Crippen molar-refractivity contribution in [3.05, 3.63) is 53.6 Å². The molecular formula is C16H22FN3. The molecule has 0 amide bonds. The summed E-state index contributed by atoms with van der Waals surface area (Å²) in [6.45, 7) is 6.16. The zero-order valence-corrected chi connectivity index (χ0v) is 12.3. The van der Waals surface area contributed by atoms with E-state index in [1.165, 1.54) is 12.1 Å². The van der Waals surface area contributed by atoms with Crippen LogP contribution in [0.4, 0.5) is 4.39 Å². The molecule has 1 atom stereocenters. The van der Waals surface area contributed by atoms with Crippen LogP contribution in [-0.2, 0) is 12.8 Å². The van der Waals surface area contributed by atoms with Gasteiger partial charge in [0.05, 0.1) is 5.69 Å². The Labute approximate surface area is 119 Å². The Morgan fingerprint density at radius 1 is 1.30 bits per heavy atom. The highest BCUT2D eigenvalue weighted by molar-refractivity contribution is 5.20. The summed E-state index contributed by atoms with van der Waals surface area (Å²) >= 11 is 0. The van der Waals surface area contributed by atoms with Gasteiger partial charge in [0.1, 0.15) is 5.82 Å². The molecule has 108 valence electrons. The smallest absolute Gasteiger partial charge is 0.123 e. The summed E-state index contributed by atoms with van der Waals surface area (Å²) in [7, 11) is 0. The first-order chi connectivity index (χ1) is 9.35. The third kappa shape index (κ3) is 3.90. The number of nitrogens with two attached hydrogens (primary N) is 1. The first-order valence-electron chi connectivity index (χ1n) is 6.93. The molecule has 0 aliphatic carbocycles. The fraction of sp³-hybridized carbons (Fsp3) is 0.438. The number of halogens is 1. The van der Waals surface area contributed by atoms with E-state index in [1.807, 2.05) is 29.9 Å². The molecule has 0 aliphatic heterocycles. The van der Waals surface area contributed by atoms with Gasteiger partial charge >= 0.3 is 0 Å².